The highest BCUT2D eigenvalue weighted by molar-refractivity contribution is 5.42. The van der Waals surface area contributed by atoms with Crippen molar-refractivity contribution in [3.63, 3.8) is 0 Å². The molecule has 0 saturated carbocycles. The van der Waals surface area contributed by atoms with Crippen molar-refractivity contribution in [2.24, 2.45) is 5.11 Å². The van der Waals surface area contributed by atoms with Crippen LogP contribution >= 0.6 is 0 Å². The second-order valence-corrected chi connectivity index (χ2v) is 4.37. The topological polar surface area (TPSA) is 71.4 Å². The lowest BCUT2D eigenvalue weighted by Gasteiger charge is -2.04. The summed E-state index contributed by atoms with van der Waals surface area (Å²) in [6.45, 7) is 2.68. The minimum atomic E-state index is 0.420. The number of nitriles is 1. The molecule has 0 spiro atoms. The number of azo groups is 1. The summed E-state index contributed by atoms with van der Waals surface area (Å²) in [5.41, 5.74) is 1.45. The van der Waals surface area contributed by atoms with Crippen LogP contribution in [0, 0.1) is 16.5 Å². The first kappa shape index (κ1) is 14.5. The third-order valence-electron chi connectivity index (χ3n) is 2.73. The van der Waals surface area contributed by atoms with E-state index < -0.39 is 0 Å². The summed E-state index contributed by atoms with van der Waals surface area (Å²) < 4.78 is 5.45. The minimum Gasteiger partial charge on any atom is -0.594 e. The molecule has 0 N–H and O–H groups in total. The van der Waals surface area contributed by atoms with Gasteiger partial charge in [0, 0.05) is 17.2 Å². The van der Waals surface area contributed by atoms with Crippen molar-refractivity contribution in [1.29, 1.82) is 5.26 Å². The van der Waals surface area contributed by atoms with Gasteiger partial charge in [-0.15, -0.1) is 0 Å². The SMILES string of the molecule is CCCOc1ccc([N+]([O-])=Nc2ccc(C#N)cc2)cc1. The molecule has 0 atom stereocenters. The molecule has 0 unspecified atom stereocenters. The van der Waals surface area contributed by atoms with Gasteiger partial charge in [0.2, 0.25) is 5.69 Å². The third kappa shape index (κ3) is 4.05. The molecule has 0 bridgehead atoms. The first-order chi connectivity index (χ1) is 10.2. The Morgan fingerprint density at radius 2 is 1.81 bits per heavy atom. The molecule has 0 amide bonds. The average Bonchev–Trinajstić information content (AvgIpc) is 2.54. The smallest absolute Gasteiger partial charge is 0.245 e. The molecule has 0 fully saturated rings. The summed E-state index contributed by atoms with van der Waals surface area (Å²) >= 11 is 0. The summed E-state index contributed by atoms with van der Waals surface area (Å²) in [6.07, 6.45) is 0.934. The lowest BCUT2D eigenvalue weighted by Crippen LogP contribution is -1.95. The van der Waals surface area contributed by atoms with Crippen molar-refractivity contribution >= 4 is 11.4 Å². The molecule has 0 heterocycles. The van der Waals surface area contributed by atoms with E-state index in [1.165, 1.54) is 0 Å². The van der Waals surface area contributed by atoms with Crippen LogP contribution < -0.4 is 4.74 Å². The van der Waals surface area contributed by atoms with Crippen LogP contribution in [0.5, 0.6) is 5.75 Å². The molecule has 2 aromatic rings. The van der Waals surface area contributed by atoms with E-state index in [4.69, 9.17) is 10.00 Å². The Morgan fingerprint density at radius 1 is 1.14 bits per heavy atom. The van der Waals surface area contributed by atoms with Crippen LogP contribution in [-0.2, 0) is 0 Å². The Morgan fingerprint density at radius 3 is 2.38 bits per heavy atom. The monoisotopic (exact) mass is 281 g/mol. The van der Waals surface area contributed by atoms with Gasteiger partial charge in [-0.25, -0.2) is 0 Å². The van der Waals surface area contributed by atoms with Crippen LogP contribution in [0.3, 0.4) is 0 Å². The van der Waals surface area contributed by atoms with Crippen LogP contribution in [0.1, 0.15) is 18.9 Å². The highest BCUT2D eigenvalue weighted by Gasteiger charge is 2.05. The van der Waals surface area contributed by atoms with Crippen LogP contribution in [0.25, 0.3) is 0 Å². The Hall–Kier alpha value is -2.87. The standard InChI is InChI=1S/C16H15N3O2/c1-2-11-21-16-9-7-15(8-10-16)19(20)18-14-5-3-13(12-17)4-6-14/h3-10H,2,11H2,1H3. The number of nitrogens with zero attached hydrogens (tertiary/aromatic N) is 3. The quantitative estimate of drug-likeness (QED) is 0.466. The van der Waals surface area contributed by atoms with Crippen LogP contribution in [0.15, 0.2) is 53.6 Å². The summed E-state index contributed by atoms with van der Waals surface area (Å²) in [7, 11) is 0. The second-order valence-electron chi connectivity index (χ2n) is 4.37. The van der Waals surface area contributed by atoms with E-state index in [2.05, 4.69) is 5.11 Å². The highest BCUT2D eigenvalue weighted by Crippen LogP contribution is 2.21. The van der Waals surface area contributed by atoms with E-state index in [1.807, 2.05) is 13.0 Å². The minimum absolute atomic E-state index is 0.420. The van der Waals surface area contributed by atoms with Gasteiger partial charge in [0.15, 0.2) is 0 Å². The Balaban J connectivity index is 2.12. The van der Waals surface area contributed by atoms with E-state index in [9.17, 15) is 5.21 Å². The van der Waals surface area contributed by atoms with Crippen molar-refractivity contribution in [1.82, 2.24) is 0 Å². The average molecular weight is 281 g/mol. The van der Waals surface area contributed by atoms with E-state index in [1.54, 1.807) is 48.5 Å². The van der Waals surface area contributed by atoms with E-state index in [0.717, 1.165) is 12.2 Å². The van der Waals surface area contributed by atoms with Gasteiger partial charge in [-0.3, -0.25) is 0 Å². The molecule has 21 heavy (non-hydrogen) atoms. The normalized spacial score (nSPS) is 11.0. The number of hydrogen-bond donors (Lipinski definition) is 0. The molecule has 5 nitrogen and oxygen atoms in total. The predicted molar refractivity (Wildman–Crippen MR) is 78.8 cm³/mol. The molecule has 2 rings (SSSR count). The van der Waals surface area contributed by atoms with Gasteiger partial charge in [-0.2, -0.15) is 5.26 Å². The van der Waals surface area contributed by atoms with Gasteiger partial charge in [-0.05, 0) is 42.8 Å². The second kappa shape index (κ2) is 7.06. The fourth-order valence-electron chi connectivity index (χ4n) is 1.66. The van der Waals surface area contributed by atoms with E-state index in [0.29, 0.717) is 28.4 Å². The largest absolute Gasteiger partial charge is 0.594 e. The fourth-order valence-corrected chi connectivity index (χ4v) is 1.66. The maximum Gasteiger partial charge on any atom is 0.245 e. The van der Waals surface area contributed by atoms with Crippen LogP contribution in [0.2, 0.25) is 0 Å². The molecule has 0 aliphatic heterocycles. The number of hydrogen-bond acceptors (Lipinski definition) is 4. The maximum atomic E-state index is 11.9. The molecule has 106 valence electrons. The van der Waals surface area contributed by atoms with E-state index >= 15 is 0 Å². The van der Waals surface area contributed by atoms with Gasteiger partial charge in [0.25, 0.3) is 0 Å². The molecular weight excluding hydrogens is 266 g/mol. The Bertz CT molecular complexity index is 655. The van der Waals surface area contributed by atoms with Crippen LogP contribution in [0.4, 0.5) is 11.4 Å². The first-order valence-electron chi connectivity index (χ1n) is 6.65. The molecule has 5 heteroatoms. The van der Waals surface area contributed by atoms with E-state index in [-0.39, 0.29) is 0 Å². The number of ether oxygens (including phenoxy) is 1. The third-order valence-corrected chi connectivity index (χ3v) is 2.73. The molecule has 0 aromatic heterocycles. The zero-order valence-corrected chi connectivity index (χ0v) is 11.7. The van der Waals surface area contributed by atoms with Gasteiger partial charge in [0.05, 0.1) is 18.2 Å². The summed E-state index contributed by atoms with van der Waals surface area (Å²) in [5, 5.41) is 24.6. The van der Waals surface area contributed by atoms with Gasteiger partial charge in [0.1, 0.15) is 11.4 Å². The van der Waals surface area contributed by atoms with Crippen molar-refractivity contribution in [3.05, 3.63) is 59.3 Å². The zero-order valence-electron chi connectivity index (χ0n) is 11.7. The number of rotatable bonds is 5. The highest BCUT2D eigenvalue weighted by atomic mass is 16.5. The molecule has 0 aliphatic rings. The molecule has 0 aliphatic carbocycles. The van der Waals surface area contributed by atoms with Crippen molar-refractivity contribution in [3.8, 4) is 11.8 Å². The van der Waals surface area contributed by atoms with Crippen LogP contribution in [-0.4, -0.2) is 11.5 Å². The molecule has 0 saturated heterocycles. The lowest BCUT2D eigenvalue weighted by molar-refractivity contribution is -0.435. The van der Waals surface area contributed by atoms with Crippen molar-refractivity contribution in [2.45, 2.75) is 13.3 Å². The van der Waals surface area contributed by atoms with Gasteiger partial charge in [-0.1, -0.05) is 11.8 Å². The molecular formula is C16H15N3O2. The van der Waals surface area contributed by atoms with Crippen molar-refractivity contribution in [2.75, 3.05) is 6.61 Å². The van der Waals surface area contributed by atoms with Gasteiger partial charge < -0.3 is 9.94 Å². The molecule has 0 radical (unpaired) electrons. The zero-order chi connectivity index (χ0) is 15.1. The molecule has 2 aromatic carbocycles. The first-order valence-corrected chi connectivity index (χ1v) is 6.65. The summed E-state index contributed by atoms with van der Waals surface area (Å²) in [5.74, 6) is 0.729. The lowest BCUT2D eigenvalue weighted by atomic mass is 10.2. The Labute approximate surface area is 123 Å². The number of benzene rings is 2. The van der Waals surface area contributed by atoms with Gasteiger partial charge >= 0.3 is 0 Å². The summed E-state index contributed by atoms with van der Waals surface area (Å²) in [6, 6.07) is 15.3. The maximum absolute atomic E-state index is 11.9. The summed E-state index contributed by atoms with van der Waals surface area (Å²) in [4.78, 5) is 0.547. The van der Waals surface area contributed by atoms with Crippen molar-refractivity contribution < 1.29 is 9.60 Å². The Kier molecular flexibility index (Phi) is 4.89. The fraction of sp³-hybridized carbons (Fsp3) is 0.188. The predicted octanol–water partition coefficient (Wildman–Crippen LogP) is 4.27.